The molecule has 0 aromatic heterocycles. The minimum atomic E-state index is -1.44. The Kier molecular flexibility index (Phi) is 20.0. The van der Waals surface area contributed by atoms with E-state index in [1.54, 1.807) is 0 Å². The molecular formula is C30H55NO6. The third kappa shape index (κ3) is 14.0. The third-order valence-corrected chi connectivity index (χ3v) is 8.03. The lowest BCUT2D eigenvalue weighted by atomic mass is 10.0. The van der Waals surface area contributed by atoms with Crippen molar-refractivity contribution >= 4 is 17.9 Å². The summed E-state index contributed by atoms with van der Waals surface area (Å²) in [7, 11) is 0. The Balaban J connectivity index is 4.21. The molecule has 0 aliphatic heterocycles. The summed E-state index contributed by atoms with van der Waals surface area (Å²) >= 11 is 0. The van der Waals surface area contributed by atoms with Gasteiger partial charge in [0.25, 0.3) is 0 Å². The Bertz CT molecular complexity index is 612. The molecule has 0 aromatic carbocycles. The van der Waals surface area contributed by atoms with Crippen LogP contribution in [0.5, 0.6) is 0 Å². The van der Waals surface area contributed by atoms with Crippen LogP contribution in [0.25, 0.3) is 0 Å². The van der Waals surface area contributed by atoms with Gasteiger partial charge in [-0.25, -0.2) is 9.59 Å². The average molecular weight is 526 g/mol. The molecule has 37 heavy (non-hydrogen) atoms. The Hall–Kier alpha value is -1.89. The highest BCUT2D eigenvalue weighted by Crippen LogP contribution is 2.27. The van der Waals surface area contributed by atoms with E-state index in [9.17, 15) is 29.7 Å². The SMILES string of the molecule is CCCCCCCCCCCCCCCC/C=C/CCC[N+](C(C)C(=O)[O-])(C(C)C(=O)O)C(C)C(=O)O. The lowest BCUT2D eigenvalue weighted by Gasteiger charge is -2.49. The molecule has 0 heterocycles. The summed E-state index contributed by atoms with van der Waals surface area (Å²) in [5, 5.41) is 30.9. The third-order valence-electron chi connectivity index (χ3n) is 8.03. The second kappa shape index (κ2) is 21.1. The summed E-state index contributed by atoms with van der Waals surface area (Å²) in [6.45, 7) is 6.51. The van der Waals surface area contributed by atoms with E-state index >= 15 is 0 Å². The van der Waals surface area contributed by atoms with Crippen molar-refractivity contribution in [1.82, 2.24) is 0 Å². The molecule has 7 heteroatoms. The maximum absolute atomic E-state index is 11.8. The average Bonchev–Trinajstić information content (AvgIpc) is 2.86. The van der Waals surface area contributed by atoms with Gasteiger partial charge in [0.1, 0.15) is 6.04 Å². The number of carbonyl (C=O) groups excluding carboxylic acids is 1. The first-order valence-corrected chi connectivity index (χ1v) is 14.8. The minimum Gasteiger partial charge on any atom is -0.544 e. The zero-order chi connectivity index (χ0) is 28.1. The molecule has 216 valence electrons. The fourth-order valence-corrected chi connectivity index (χ4v) is 5.37. The number of hydrogen-bond acceptors (Lipinski definition) is 4. The van der Waals surface area contributed by atoms with E-state index in [1.165, 1.54) is 104 Å². The molecule has 0 aromatic rings. The number of allylic oxidation sites excluding steroid dienone is 2. The van der Waals surface area contributed by atoms with Crippen molar-refractivity contribution in [3.8, 4) is 0 Å². The van der Waals surface area contributed by atoms with Gasteiger partial charge in [0, 0.05) is 6.42 Å². The van der Waals surface area contributed by atoms with Crippen molar-refractivity contribution in [2.24, 2.45) is 0 Å². The van der Waals surface area contributed by atoms with Crippen LogP contribution in [0.1, 0.15) is 137 Å². The predicted octanol–water partition coefficient (Wildman–Crippen LogP) is 6.10. The van der Waals surface area contributed by atoms with Crippen LogP contribution in [0.4, 0.5) is 0 Å². The van der Waals surface area contributed by atoms with Gasteiger partial charge in [0.15, 0.2) is 12.1 Å². The number of rotatable bonds is 25. The van der Waals surface area contributed by atoms with Gasteiger partial charge in [-0.05, 0) is 40.0 Å². The normalized spacial score (nSPS) is 15.8. The van der Waals surface area contributed by atoms with Crippen LogP contribution >= 0.6 is 0 Å². The molecule has 0 saturated heterocycles. The number of quaternary nitrogens is 1. The smallest absolute Gasteiger partial charge is 0.362 e. The lowest BCUT2D eigenvalue weighted by molar-refractivity contribution is -0.969. The second-order valence-corrected chi connectivity index (χ2v) is 10.7. The number of aliphatic carboxylic acids is 3. The molecule has 0 bridgehead atoms. The summed E-state index contributed by atoms with van der Waals surface area (Å²) in [5.41, 5.74) is 0. The quantitative estimate of drug-likeness (QED) is 0.0846. The first-order chi connectivity index (χ1) is 17.6. The van der Waals surface area contributed by atoms with E-state index in [4.69, 9.17) is 0 Å². The van der Waals surface area contributed by atoms with E-state index in [2.05, 4.69) is 13.0 Å². The van der Waals surface area contributed by atoms with Crippen LogP contribution in [0.3, 0.4) is 0 Å². The second-order valence-electron chi connectivity index (χ2n) is 10.7. The van der Waals surface area contributed by atoms with Crippen molar-refractivity contribution in [1.29, 1.82) is 0 Å². The summed E-state index contributed by atoms with van der Waals surface area (Å²) in [6, 6.07) is -3.62. The Morgan fingerprint density at radius 2 is 0.973 bits per heavy atom. The standard InChI is InChI=1S/C30H55NO6/c1-5-6-7-8-9-10-11-12-13-14-15-16-17-18-19-20-21-22-23-24-31(25(2)28(32)33,26(3)29(34)35)27(4)30(36)37/h20-21,25-27H,5-19,22-24H2,1-4H3,(H2-,32,33,34,35,36,37)/b21-20+. The molecule has 0 aliphatic carbocycles. The highest BCUT2D eigenvalue weighted by Gasteiger charge is 2.50. The molecule has 0 spiro atoms. The van der Waals surface area contributed by atoms with Gasteiger partial charge in [-0.3, -0.25) is 4.48 Å². The number of carbonyl (C=O) groups is 3. The molecule has 7 nitrogen and oxygen atoms in total. The molecule has 0 radical (unpaired) electrons. The topological polar surface area (TPSA) is 115 Å². The van der Waals surface area contributed by atoms with Crippen LogP contribution in [-0.2, 0) is 14.4 Å². The zero-order valence-electron chi connectivity index (χ0n) is 24.1. The molecule has 0 rings (SSSR count). The van der Waals surface area contributed by atoms with Crippen LogP contribution in [0.2, 0.25) is 0 Å². The van der Waals surface area contributed by atoms with E-state index in [0.29, 0.717) is 12.8 Å². The largest absolute Gasteiger partial charge is 0.544 e. The summed E-state index contributed by atoms with van der Waals surface area (Å²) in [6.07, 6.45) is 25.0. The van der Waals surface area contributed by atoms with Crippen LogP contribution in [0, 0.1) is 0 Å². The molecule has 0 aliphatic rings. The van der Waals surface area contributed by atoms with Crippen molar-refractivity contribution in [2.45, 2.75) is 155 Å². The van der Waals surface area contributed by atoms with Crippen LogP contribution in [-0.4, -0.2) is 57.3 Å². The van der Waals surface area contributed by atoms with Crippen molar-refractivity contribution in [3.63, 3.8) is 0 Å². The lowest BCUT2D eigenvalue weighted by Crippen LogP contribution is -2.71. The Morgan fingerprint density at radius 1 is 0.622 bits per heavy atom. The molecule has 0 fully saturated rings. The van der Waals surface area contributed by atoms with Gasteiger partial charge >= 0.3 is 11.9 Å². The molecule has 0 amide bonds. The summed E-state index contributed by atoms with van der Waals surface area (Å²) in [4.78, 5) is 35.2. The van der Waals surface area contributed by atoms with Crippen molar-refractivity contribution < 1.29 is 34.2 Å². The van der Waals surface area contributed by atoms with Gasteiger partial charge in [-0.15, -0.1) is 0 Å². The number of carboxylic acid groups (broad SMARTS) is 3. The maximum atomic E-state index is 11.8. The van der Waals surface area contributed by atoms with Gasteiger partial charge in [-0.1, -0.05) is 103 Å². The highest BCUT2D eigenvalue weighted by atomic mass is 16.4. The molecule has 2 N–H and O–H groups in total. The zero-order valence-corrected chi connectivity index (χ0v) is 24.1. The van der Waals surface area contributed by atoms with Crippen molar-refractivity contribution in [3.05, 3.63) is 12.2 Å². The molecular weight excluding hydrogens is 470 g/mol. The molecule has 3 unspecified atom stereocenters. The maximum Gasteiger partial charge on any atom is 0.362 e. The first kappa shape index (κ1) is 35.1. The van der Waals surface area contributed by atoms with Gasteiger partial charge in [0.05, 0.1) is 12.5 Å². The number of hydrogen-bond donors (Lipinski definition) is 2. The van der Waals surface area contributed by atoms with E-state index in [0.717, 1.165) is 12.8 Å². The molecule has 3 atom stereocenters. The number of nitrogens with zero attached hydrogens (tertiary/aromatic N) is 1. The predicted molar refractivity (Wildman–Crippen MR) is 147 cm³/mol. The van der Waals surface area contributed by atoms with Crippen LogP contribution < -0.4 is 5.11 Å². The van der Waals surface area contributed by atoms with Crippen molar-refractivity contribution in [2.75, 3.05) is 6.54 Å². The Labute approximate surface area is 225 Å². The van der Waals surface area contributed by atoms with Gasteiger partial charge < -0.3 is 20.1 Å². The monoisotopic (exact) mass is 525 g/mol. The van der Waals surface area contributed by atoms with Crippen LogP contribution in [0.15, 0.2) is 12.2 Å². The Morgan fingerprint density at radius 3 is 1.32 bits per heavy atom. The van der Waals surface area contributed by atoms with Gasteiger partial charge in [0.2, 0.25) is 0 Å². The highest BCUT2D eigenvalue weighted by molar-refractivity contribution is 5.76. The summed E-state index contributed by atoms with van der Waals surface area (Å²) in [5.74, 6) is -3.86. The first-order valence-electron chi connectivity index (χ1n) is 14.8. The van der Waals surface area contributed by atoms with E-state index < -0.39 is 40.5 Å². The fraction of sp³-hybridized carbons (Fsp3) is 0.833. The van der Waals surface area contributed by atoms with E-state index in [1.807, 2.05) is 6.08 Å². The number of unbranched alkanes of at least 4 members (excludes halogenated alkanes) is 15. The fourth-order valence-electron chi connectivity index (χ4n) is 5.37. The van der Waals surface area contributed by atoms with E-state index in [-0.39, 0.29) is 6.54 Å². The minimum absolute atomic E-state index is 0.138. The molecule has 0 saturated carbocycles. The summed E-state index contributed by atoms with van der Waals surface area (Å²) < 4.78 is -0.570. The number of carboxylic acids is 3. The van der Waals surface area contributed by atoms with Gasteiger partial charge in [-0.2, -0.15) is 0 Å².